The topological polar surface area (TPSA) is 96.4 Å². The molecule has 0 bridgehead atoms. The molecule has 7 nitrogen and oxygen atoms in total. The monoisotopic (exact) mass is 466 g/mol. The SMILES string of the molecule is CCOC1C=C(c2ccc(CC(=O)Nc3cc(C(C)(C)C(F)(F)F)[nH]n3)c(F)c2)C=NC1=O. The number of carbonyl (C=O) groups is 2. The van der Waals surface area contributed by atoms with Gasteiger partial charge in [-0.1, -0.05) is 12.1 Å². The highest BCUT2D eigenvalue weighted by atomic mass is 19.4. The summed E-state index contributed by atoms with van der Waals surface area (Å²) in [6, 6.07) is 5.28. The number of halogens is 4. The molecular formula is C22H22F4N4O3. The molecule has 1 aliphatic heterocycles. The first kappa shape index (κ1) is 24.3. The van der Waals surface area contributed by atoms with Crippen LogP contribution in [-0.4, -0.2) is 47.1 Å². The van der Waals surface area contributed by atoms with E-state index in [0.29, 0.717) is 17.7 Å². The highest BCUT2D eigenvalue weighted by molar-refractivity contribution is 6.17. The van der Waals surface area contributed by atoms with Crippen molar-refractivity contribution >= 4 is 29.4 Å². The molecule has 1 aliphatic rings. The van der Waals surface area contributed by atoms with Crippen molar-refractivity contribution in [1.82, 2.24) is 10.2 Å². The molecule has 0 saturated heterocycles. The summed E-state index contributed by atoms with van der Waals surface area (Å²) >= 11 is 0. The third-order valence-electron chi connectivity index (χ3n) is 5.22. The van der Waals surface area contributed by atoms with E-state index in [4.69, 9.17) is 4.74 Å². The molecule has 1 aromatic carbocycles. The Morgan fingerprint density at radius 2 is 1.97 bits per heavy atom. The summed E-state index contributed by atoms with van der Waals surface area (Å²) in [7, 11) is 0. The Bertz CT molecular complexity index is 1120. The molecule has 2 amide bonds. The molecule has 0 saturated carbocycles. The second-order valence-corrected chi connectivity index (χ2v) is 7.92. The first-order valence-electron chi connectivity index (χ1n) is 10.0. The average molecular weight is 466 g/mol. The molecule has 0 aliphatic carbocycles. The number of aliphatic imine (C=N–C) groups is 1. The molecule has 2 N–H and O–H groups in total. The Hall–Kier alpha value is -3.34. The number of carbonyl (C=O) groups excluding carboxylic acids is 2. The van der Waals surface area contributed by atoms with Crippen LogP contribution in [0, 0.1) is 5.82 Å². The number of benzene rings is 1. The van der Waals surface area contributed by atoms with Crippen LogP contribution in [0.3, 0.4) is 0 Å². The number of dihydropyridines is 1. The van der Waals surface area contributed by atoms with Gasteiger partial charge in [-0.15, -0.1) is 0 Å². The largest absolute Gasteiger partial charge is 0.399 e. The van der Waals surface area contributed by atoms with E-state index in [1.54, 1.807) is 13.0 Å². The lowest BCUT2D eigenvalue weighted by molar-refractivity contribution is -0.181. The second-order valence-electron chi connectivity index (χ2n) is 7.92. The highest BCUT2D eigenvalue weighted by Crippen LogP contribution is 2.40. The third-order valence-corrected chi connectivity index (χ3v) is 5.22. The Labute approximate surface area is 186 Å². The Morgan fingerprint density at radius 1 is 1.24 bits per heavy atom. The lowest BCUT2D eigenvalue weighted by Gasteiger charge is -2.25. The number of nitrogens with one attached hydrogen (secondary N) is 2. The van der Waals surface area contributed by atoms with Crippen molar-refractivity contribution in [2.75, 3.05) is 11.9 Å². The van der Waals surface area contributed by atoms with Crippen LogP contribution in [0.25, 0.3) is 5.57 Å². The standard InChI is InChI=1S/C22H22F4N4O3/c1-4-33-16-8-14(11-27-20(16)32)12-5-6-13(15(23)7-12)9-19(31)28-18-10-17(29-30-18)21(2,3)22(24,25)26/h5-8,10-11,16H,4,9H2,1-3H3,(H2,28,29,30,31). The number of aromatic amines is 1. The van der Waals surface area contributed by atoms with Crippen molar-refractivity contribution < 1.29 is 31.9 Å². The van der Waals surface area contributed by atoms with Crippen LogP contribution in [0.4, 0.5) is 23.4 Å². The normalized spacial score (nSPS) is 16.6. The maximum atomic E-state index is 14.6. The van der Waals surface area contributed by atoms with E-state index in [1.165, 1.54) is 24.4 Å². The van der Waals surface area contributed by atoms with Gasteiger partial charge in [-0.3, -0.25) is 14.7 Å². The number of rotatable bonds is 7. The summed E-state index contributed by atoms with van der Waals surface area (Å²) in [5.41, 5.74) is -1.38. The summed E-state index contributed by atoms with van der Waals surface area (Å²) < 4.78 is 59.4. The molecule has 0 spiro atoms. The van der Waals surface area contributed by atoms with Crippen molar-refractivity contribution in [1.29, 1.82) is 0 Å². The van der Waals surface area contributed by atoms with Gasteiger partial charge in [0, 0.05) is 18.9 Å². The van der Waals surface area contributed by atoms with Gasteiger partial charge in [0.25, 0.3) is 5.91 Å². The van der Waals surface area contributed by atoms with Gasteiger partial charge in [0.15, 0.2) is 11.9 Å². The number of alkyl halides is 3. The van der Waals surface area contributed by atoms with Gasteiger partial charge in [0.2, 0.25) is 5.91 Å². The van der Waals surface area contributed by atoms with Gasteiger partial charge < -0.3 is 10.1 Å². The maximum absolute atomic E-state index is 14.6. The number of aromatic nitrogens is 2. The minimum absolute atomic E-state index is 0.0772. The van der Waals surface area contributed by atoms with Crippen molar-refractivity contribution in [2.45, 2.75) is 44.9 Å². The summed E-state index contributed by atoms with van der Waals surface area (Å²) in [5, 5.41) is 8.33. The Balaban J connectivity index is 1.69. The van der Waals surface area contributed by atoms with E-state index in [9.17, 15) is 27.2 Å². The van der Waals surface area contributed by atoms with Crippen LogP contribution in [0.1, 0.15) is 37.6 Å². The van der Waals surface area contributed by atoms with Gasteiger partial charge in [-0.2, -0.15) is 18.3 Å². The summed E-state index contributed by atoms with van der Waals surface area (Å²) in [6.45, 7) is 4.02. The summed E-state index contributed by atoms with van der Waals surface area (Å²) in [4.78, 5) is 27.7. The van der Waals surface area contributed by atoms with E-state index in [1.807, 2.05) is 0 Å². The first-order valence-corrected chi connectivity index (χ1v) is 10.0. The van der Waals surface area contributed by atoms with Crippen LogP contribution < -0.4 is 5.32 Å². The lowest BCUT2D eigenvalue weighted by atomic mass is 9.89. The Kier molecular flexibility index (Phi) is 6.82. The fourth-order valence-corrected chi connectivity index (χ4v) is 3.04. The number of H-pyrrole nitrogens is 1. The molecule has 1 aromatic heterocycles. The molecule has 3 rings (SSSR count). The zero-order valence-corrected chi connectivity index (χ0v) is 18.1. The first-order chi connectivity index (χ1) is 15.4. The molecular weight excluding hydrogens is 444 g/mol. The fourth-order valence-electron chi connectivity index (χ4n) is 3.04. The zero-order chi connectivity index (χ0) is 24.4. The van der Waals surface area contributed by atoms with Gasteiger partial charge >= 0.3 is 6.18 Å². The smallest absolute Gasteiger partial charge is 0.364 e. The second kappa shape index (κ2) is 9.26. The quantitative estimate of drug-likeness (QED) is 0.604. The van der Waals surface area contributed by atoms with Gasteiger partial charge in [-0.25, -0.2) is 9.38 Å². The molecule has 0 fully saturated rings. The molecule has 0 radical (unpaired) electrons. The molecule has 2 aromatic rings. The Morgan fingerprint density at radius 3 is 2.61 bits per heavy atom. The number of anilines is 1. The van der Waals surface area contributed by atoms with E-state index in [-0.39, 0.29) is 23.5 Å². The molecule has 1 unspecified atom stereocenters. The number of allylic oxidation sites excluding steroid dienone is 1. The molecule has 33 heavy (non-hydrogen) atoms. The van der Waals surface area contributed by atoms with Gasteiger partial charge in [0.1, 0.15) is 11.2 Å². The average Bonchev–Trinajstić information content (AvgIpc) is 3.19. The fraction of sp³-hybridized carbons (Fsp3) is 0.364. The molecule has 1 atom stereocenters. The van der Waals surface area contributed by atoms with Gasteiger partial charge in [-0.05, 0) is 49.6 Å². The summed E-state index contributed by atoms with van der Waals surface area (Å²) in [5.74, 6) is -1.86. The van der Waals surface area contributed by atoms with Crippen LogP contribution >= 0.6 is 0 Å². The van der Waals surface area contributed by atoms with Crippen LogP contribution in [-0.2, 0) is 26.2 Å². The predicted octanol–water partition coefficient (Wildman–Crippen LogP) is 3.97. The van der Waals surface area contributed by atoms with E-state index in [2.05, 4.69) is 20.5 Å². The van der Waals surface area contributed by atoms with Gasteiger partial charge in [0.05, 0.1) is 12.1 Å². The highest BCUT2D eigenvalue weighted by Gasteiger charge is 2.49. The maximum Gasteiger partial charge on any atom is 0.399 e. The molecule has 176 valence electrons. The minimum atomic E-state index is -4.51. The predicted molar refractivity (Wildman–Crippen MR) is 113 cm³/mol. The number of ether oxygens (including phenoxy) is 1. The van der Waals surface area contributed by atoms with Crippen LogP contribution in [0.5, 0.6) is 0 Å². The molecule has 2 heterocycles. The summed E-state index contributed by atoms with van der Waals surface area (Å²) in [6.07, 6.45) is -2.86. The van der Waals surface area contributed by atoms with Crippen molar-refractivity contribution in [3.8, 4) is 0 Å². The third kappa shape index (κ3) is 5.36. The minimum Gasteiger partial charge on any atom is -0.364 e. The number of amides is 2. The van der Waals surface area contributed by atoms with E-state index >= 15 is 0 Å². The van der Waals surface area contributed by atoms with E-state index in [0.717, 1.165) is 19.9 Å². The zero-order valence-electron chi connectivity index (χ0n) is 18.1. The van der Waals surface area contributed by atoms with Crippen LogP contribution in [0.15, 0.2) is 35.3 Å². The van der Waals surface area contributed by atoms with Crippen molar-refractivity contribution in [3.63, 3.8) is 0 Å². The van der Waals surface area contributed by atoms with Crippen molar-refractivity contribution in [2.24, 2.45) is 4.99 Å². The van der Waals surface area contributed by atoms with Crippen LogP contribution in [0.2, 0.25) is 0 Å². The van der Waals surface area contributed by atoms with Crippen molar-refractivity contribution in [3.05, 3.63) is 53.0 Å². The number of nitrogens with zero attached hydrogens (tertiary/aromatic N) is 2. The lowest BCUT2D eigenvalue weighted by Crippen LogP contribution is -2.36. The molecule has 11 heteroatoms. The van der Waals surface area contributed by atoms with E-state index < -0.39 is 35.3 Å². The number of hydrogen-bond donors (Lipinski definition) is 2. The number of hydrogen-bond acceptors (Lipinski definition) is 4.